The van der Waals surface area contributed by atoms with Crippen molar-refractivity contribution in [3.63, 3.8) is 0 Å². The predicted octanol–water partition coefficient (Wildman–Crippen LogP) is 1.81. The second-order valence-electron chi connectivity index (χ2n) is 5.78. The van der Waals surface area contributed by atoms with Gasteiger partial charge in [0.05, 0.1) is 5.02 Å². The van der Waals surface area contributed by atoms with E-state index in [0.717, 1.165) is 0 Å². The summed E-state index contributed by atoms with van der Waals surface area (Å²) in [7, 11) is -3.55. The van der Waals surface area contributed by atoms with Gasteiger partial charge in [-0.15, -0.1) is 0 Å². The minimum absolute atomic E-state index is 0.0718. The second-order valence-corrected chi connectivity index (χ2v) is 8.13. The predicted molar refractivity (Wildman–Crippen MR) is 86.5 cm³/mol. The number of hydrogen-bond donors (Lipinski definition) is 2. The van der Waals surface area contributed by atoms with Gasteiger partial charge >= 0.3 is 0 Å². The molecule has 2 unspecified atom stereocenters. The maximum atomic E-state index is 12.6. The van der Waals surface area contributed by atoms with Crippen molar-refractivity contribution < 1.29 is 13.5 Å². The van der Waals surface area contributed by atoms with Crippen LogP contribution in [0.15, 0.2) is 17.2 Å². The van der Waals surface area contributed by atoms with Gasteiger partial charge in [-0.2, -0.15) is 4.31 Å². The number of anilines is 1. The largest absolute Gasteiger partial charge is 0.396 e. The summed E-state index contributed by atoms with van der Waals surface area (Å²) in [6.07, 6.45) is 1.90. The molecular formula is C14H22ClN3O3S. The third kappa shape index (κ3) is 3.71. The summed E-state index contributed by atoms with van der Waals surface area (Å²) in [6, 6.07) is 1.43. The Labute approximate surface area is 136 Å². The molecule has 1 aromatic heterocycles. The van der Waals surface area contributed by atoms with Gasteiger partial charge in [0.25, 0.3) is 0 Å². The zero-order valence-electron chi connectivity index (χ0n) is 12.8. The lowest BCUT2D eigenvalue weighted by Gasteiger charge is -2.16. The second kappa shape index (κ2) is 7.12. The van der Waals surface area contributed by atoms with Gasteiger partial charge in [0.2, 0.25) is 10.0 Å². The minimum atomic E-state index is -3.55. The highest BCUT2D eigenvalue weighted by atomic mass is 35.5. The molecule has 0 aliphatic carbocycles. The highest BCUT2D eigenvalue weighted by Gasteiger charge is 2.35. The van der Waals surface area contributed by atoms with Crippen LogP contribution in [0.4, 0.5) is 5.82 Å². The van der Waals surface area contributed by atoms with Gasteiger partial charge in [0.15, 0.2) is 0 Å². The van der Waals surface area contributed by atoms with Crippen molar-refractivity contribution in [2.24, 2.45) is 11.8 Å². The summed E-state index contributed by atoms with van der Waals surface area (Å²) in [4.78, 5) is 4.21. The van der Waals surface area contributed by atoms with Crippen molar-refractivity contribution >= 4 is 27.4 Å². The standard InChI is InChI=1S/C14H22ClN3O3S/c1-10-8-18(9-11(10)2)22(20,21)12-6-13(15)14(17-7-12)16-4-3-5-19/h6-7,10-11,19H,3-5,8-9H2,1-2H3,(H,16,17). The van der Waals surface area contributed by atoms with Crippen molar-refractivity contribution in [3.05, 3.63) is 17.3 Å². The third-order valence-corrected chi connectivity index (χ3v) is 6.12. The average Bonchev–Trinajstić information content (AvgIpc) is 2.81. The molecule has 22 heavy (non-hydrogen) atoms. The highest BCUT2D eigenvalue weighted by molar-refractivity contribution is 7.89. The fourth-order valence-corrected chi connectivity index (χ4v) is 4.31. The van der Waals surface area contributed by atoms with Gasteiger partial charge in [-0.3, -0.25) is 0 Å². The first-order valence-electron chi connectivity index (χ1n) is 7.36. The molecule has 2 N–H and O–H groups in total. The lowest BCUT2D eigenvalue weighted by molar-refractivity contribution is 0.292. The van der Waals surface area contributed by atoms with E-state index < -0.39 is 10.0 Å². The number of aliphatic hydroxyl groups excluding tert-OH is 1. The van der Waals surface area contributed by atoms with Crippen LogP contribution in [0.2, 0.25) is 5.02 Å². The van der Waals surface area contributed by atoms with Gasteiger partial charge in [0, 0.05) is 32.4 Å². The van der Waals surface area contributed by atoms with Crippen LogP contribution in [0.3, 0.4) is 0 Å². The monoisotopic (exact) mass is 347 g/mol. The van der Waals surface area contributed by atoms with Gasteiger partial charge in [0.1, 0.15) is 10.7 Å². The van der Waals surface area contributed by atoms with Crippen molar-refractivity contribution in [1.29, 1.82) is 0 Å². The van der Waals surface area contributed by atoms with Crippen LogP contribution in [-0.2, 0) is 10.0 Å². The average molecular weight is 348 g/mol. The molecule has 2 rings (SSSR count). The molecule has 2 heterocycles. The molecule has 0 amide bonds. The summed E-state index contributed by atoms with van der Waals surface area (Å²) in [6.45, 7) is 5.76. The molecule has 0 saturated carbocycles. The Hall–Kier alpha value is -0.890. The summed E-state index contributed by atoms with van der Waals surface area (Å²) < 4.78 is 26.7. The zero-order chi connectivity index (χ0) is 16.3. The van der Waals surface area contributed by atoms with E-state index in [2.05, 4.69) is 24.1 Å². The van der Waals surface area contributed by atoms with Crippen molar-refractivity contribution in [2.75, 3.05) is 31.6 Å². The Bertz CT molecular complexity index is 614. The zero-order valence-corrected chi connectivity index (χ0v) is 14.4. The van der Waals surface area contributed by atoms with Crippen molar-refractivity contribution in [3.8, 4) is 0 Å². The molecule has 0 radical (unpaired) electrons. The number of hydrogen-bond acceptors (Lipinski definition) is 5. The molecular weight excluding hydrogens is 326 g/mol. The van der Waals surface area contributed by atoms with E-state index in [4.69, 9.17) is 16.7 Å². The molecule has 1 aliphatic rings. The normalized spacial score (nSPS) is 22.9. The maximum absolute atomic E-state index is 12.6. The number of pyridine rings is 1. The van der Waals surface area contributed by atoms with Crippen LogP contribution in [0, 0.1) is 11.8 Å². The molecule has 2 atom stereocenters. The summed E-state index contributed by atoms with van der Waals surface area (Å²) in [5, 5.41) is 12.0. The first kappa shape index (κ1) is 17.5. The highest BCUT2D eigenvalue weighted by Crippen LogP contribution is 2.30. The van der Waals surface area contributed by atoms with Gasteiger partial charge in [-0.1, -0.05) is 25.4 Å². The maximum Gasteiger partial charge on any atom is 0.244 e. The third-order valence-electron chi connectivity index (χ3n) is 4.04. The first-order valence-corrected chi connectivity index (χ1v) is 9.18. The van der Waals surface area contributed by atoms with E-state index in [-0.39, 0.29) is 16.5 Å². The van der Waals surface area contributed by atoms with E-state index >= 15 is 0 Å². The molecule has 1 saturated heterocycles. The van der Waals surface area contributed by atoms with Gasteiger partial charge < -0.3 is 10.4 Å². The molecule has 0 spiro atoms. The smallest absolute Gasteiger partial charge is 0.244 e. The van der Waals surface area contributed by atoms with E-state index in [1.165, 1.54) is 16.6 Å². The van der Waals surface area contributed by atoms with E-state index in [9.17, 15) is 8.42 Å². The van der Waals surface area contributed by atoms with Crippen molar-refractivity contribution in [1.82, 2.24) is 9.29 Å². The van der Waals surface area contributed by atoms with E-state index in [0.29, 0.717) is 43.7 Å². The lowest BCUT2D eigenvalue weighted by atomic mass is 10.0. The van der Waals surface area contributed by atoms with Crippen LogP contribution in [0.5, 0.6) is 0 Å². The summed E-state index contributed by atoms with van der Waals surface area (Å²) in [5.41, 5.74) is 0. The Morgan fingerprint density at radius 1 is 1.41 bits per heavy atom. The fourth-order valence-electron chi connectivity index (χ4n) is 2.40. The summed E-state index contributed by atoms with van der Waals surface area (Å²) >= 11 is 6.11. The SMILES string of the molecule is CC1CN(S(=O)(=O)c2cnc(NCCCO)c(Cl)c2)CC1C. The molecule has 6 nitrogen and oxygen atoms in total. The number of aromatic nitrogens is 1. The fraction of sp³-hybridized carbons (Fsp3) is 0.643. The number of nitrogens with zero attached hydrogens (tertiary/aromatic N) is 2. The molecule has 124 valence electrons. The van der Waals surface area contributed by atoms with Crippen LogP contribution < -0.4 is 5.32 Å². The van der Waals surface area contributed by atoms with Gasteiger partial charge in [-0.05, 0) is 24.3 Å². The summed E-state index contributed by atoms with van der Waals surface area (Å²) in [5.74, 6) is 1.12. The Morgan fingerprint density at radius 3 is 2.59 bits per heavy atom. The van der Waals surface area contributed by atoms with Crippen LogP contribution in [0.25, 0.3) is 0 Å². The van der Waals surface area contributed by atoms with Crippen LogP contribution >= 0.6 is 11.6 Å². The van der Waals surface area contributed by atoms with Crippen LogP contribution in [-0.4, -0.2) is 49.1 Å². The number of aliphatic hydroxyl groups is 1. The number of halogens is 1. The number of rotatable bonds is 6. The topological polar surface area (TPSA) is 82.5 Å². The Morgan fingerprint density at radius 2 is 2.05 bits per heavy atom. The molecule has 8 heteroatoms. The minimum Gasteiger partial charge on any atom is -0.396 e. The lowest BCUT2D eigenvalue weighted by Crippen LogP contribution is -2.29. The number of nitrogens with one attached hydrogen (secondary N) is 1. The van der Waals surface area contributed by atoms with Gasteiger partial charge in [-0.25, -0.2) is 13.4 Å². The van der Waals surface area contributed by atoms with E-state index in [1.54, 1.807) is 0 Å². The van der Waals surface area contributed by atoms with Crippen LogP contribution in [0.1, 0.15) is 20.3 Å². The van der Waals surface area contributed by atoms with Crippen molar-refractivity contribution in [2.45, 2.75) is 25.2 Å². The van der Waals surface area contributed by atoms with E-state index in [1.807, 2.05) is 0 Å². The molecule has 1 aromatic rings. The molecule has 1 aliphatic heterocycles. The number of sulfonamides is 1. The quantitative estimate of drug-likeness (QED) is 0.767. The first-order chi connectivity index (χ1) is 10.4. The molecule has 0 bridgehead atoms. The Balaban J connectivity index is 2.17. The molecule has 1 fully saturated rings. The Kier molecular flexibility index (Phi) is 5.65. The molecule has 0 aromatic carbocycles.